The zero-order valence-electron chi connectivity index (χ0n) is 9.79. The summed E-state index contributed by atoms with van der Waals surface area (Å²) >= 11 is 3.39. The minimum Gasteiger partial charge on any atom is -0.381 e. The normalized spacial score (nSPS) is 20.3. The number of hydrogen-bond acceptors (Lipinski definition) is 2. The van der Waals surface area contributed by atoms with Gasteiger partial charge in [0.1, 0.15) is 5.82 Å². The highest BCUT2D eigenvalue weighted by atomic mass is 79.9. The standard InChI is InChI=1S/C13H13BrFNO2/c14-10-1-2-11(15)13-9(10)7-12(17)16(13)8-3-5-18-6-4-8/h1-2,8H,3-7H2. The fraction of sp³-hybridized carbons (Fsp3) is 0.462. The number of halogens is 2. The molecule has 0 radical (unpaired) electrons. The third-order valence-electron chi connectivity index (χ3n) is 3.57. The van der Waals surface area contributed by atoms with Crippen molar-refractivity contribution in [1.29, 1.82) is 0 Å². The van der Waals surface area contributed by atoms with Crippen LogP contribution in [0.3, 0.4) is 0 Å². The van der Waals surface area contributed by atoms with Crippen LogP contribution in [0, 0.1) is 5.82 Å². The SMILES string of the molecule is O=C1Cc2c(Br)ccc(F)c2N1C1CCOCC1. The summed E-state index contributed by atoms with van der Waals surface area (Å²) in [5.74, 6) is -0.326. The fourth-order valence-corrected chi connectivity index (χ4v) is 3.16. The van der Waals surface area contributed by atoms with Crippen LogP contribution in [0.4, 0.5) is 10.1 Å². The monoisotopic (exact) mass is 313 g/mol. The molecular formula is C13H13BrFNO2. The van der Waals surface area contributed by atoms with Crippen molar-refractivity contribution in [3.05, 3.63) is 28.0 Å². The van der Waals surface area contributed by atoms with E-state index in [-0.39, 0.29) is 24.2 Å². The van der Waals surface area contributed by atoms with Crippen molar-refractivity contribution in [1.82, 2.24) is 0 Å². The van der Waals surface area contributed by atoms with Crippen LogP contribution >= 0.6 is 15.9 Å². The predicted molar refractivity (Wildman–Crippen MR) is 69.1 cm³/mol. The second-order valence-corrected chi connectivity index (χ2v) is 5.49. The van der Waals surface area contributed by atoms with Crippen molar-refractivity contribution < 1.29 is 13.9 Å². The molecule has 18 heavy (non-hydrogen) atoms. The molecule has 0 aromatic heterocycles. The van der Waals surface area contributed by atoms with Crippen LogP contribution in [0.1, 0.15) is 18.4 Å². The van der Waals surface area contributed by atoms with E-state index in [0.717, 1.165) is 22.9 Å². The number of rotatable bonds is 1. The van der Waals surface area contributed by atoms with Crippen molar-refractivity contribution in [2.24, 2.45) is 0 Å². The van der Waals surface area contributed by atoms with E-state index in [1.807, 2.05) is 0 Å². The zero-order valence-corrected chi connectivity index (χ0v) is 11.4. The Morgan fingerprint density at radius 2 is 2.06 bits per heavy atom. The first-order valence-corrected chi connectivity index (χ1v) is 6.84. The molecule has 1 aromatic carbocycles. The lowest BCUT2D eigenvalue weighted by molar-refractivity contribution is -0.118. The third kappa shape index (κ3) is 1.86. The molecule has 0 saturated carbocycles. The first-order valence-electron chi connectivity index (χ1n) is 6.05. The molecule has 5 heteroatoms. The molecular weight excluding hydrogens is 301 g/mol. The van der Waals surface area contributed by atoms with Crippen molar-refractivity contribution in [3.8, 4) is 0 Å². The van der Waals surface area contributed by atoms with Crippen molar-refractivity contribution in [2.45, 2.75) is 25.3 Å². The average Bonchev–Trinajstić information content (AvgIpc) is 2.74. The number of benzene rings is 1. The van der Waals surface area contributed by atoms with Gasteiger partial charge in [-0.1, -0.05) is 15.9 Å². The van der Waals surface area contributed by atoms with Crippen LogP contribution < -0.4 is 4.90 Å². The van der Waals surface area contributed by atoms with E-state index >= 15 is 0 Å². The second-order valence-electron chi connectivity index (χ2n) is 4.64. The third-order valence-corrected chi connectivity index (χ3v) is 4.31. The van der Waals surface area contributed by atoms with E-state index in [2.05, 4.69) is 15.9 Å². The minimum absolute atomic E-state index is 0.0114. The van der Waals surface area contributed by atoms with Gasteiger partial charge >= 0.3 is 0 Å². The molecule has 0 unspecified atom stereocenters. The molecule has 0 atom stereocenters. The van der Waals surface area contributed by atoms with Gasteiger partial charge < -0.3 is 9.64 Å². The molecule has 2 aliphatic rings. The lowest BCUT2D eigenvalue weighted by Gasteiger charge is -2.31. The van der Waals surface area contributed by atoms with Crippen LogP contribution in [0.25, 0.3) is 0 Å². The average molecular weight is 314 g/mol. The Labute approximate surface area is 113 Å². The van der Waals surface area contributed by atoms with Gasteiger partial charge in [-0.3, -0.25) is 4.79 Å². The largest absolute Gasteiger partial charge is 0.381 e. The van der Waals surface area contributed by atoms with Gasteiger partial charge in [0.05, 0.1) is 12.1 Å². The maximum atomic E-state index is 14.0. The quantitative estimate of drug-likeness (QED) is 0.797. The zero-order chi connectivity index (χ0) is 12.7. The lowest BCUT2D eigenvalue weighted by atomic mass is 10.1. The molecule has 96 valence electrons. The summed E-state index contributed by atoms with van der Waals surface area (Å²) < 4.78 is 20.1. The Balaban J connectivity index is 2.02. The molecule has 1 saturated heterocycles. The maximum absolute atomic E-state index is 14.0. The first-order chi connectivity index (χ1) is 8.68. The summed E-state index contributed by atoms with van der Waals surface area (Å²) in [6.07, 6.45) is 1.83. The Morgan fingerprint density at radius 1 is 1.33 bits per heavy atom. The number of hydrogen-bond donors (Lipinski definition) is 0. The van der Waals surface area contributed by atoms with Crippen LogP contribution in [0.15, 0.2) is 16.6 Å². The number of nitrogens with zero attached hydrogens (tertiary/aromatic N) is 1. The molecule has 3 rings (SSSR count). The molecule has 0 bridgehead atoms. The molecule has 2 aliphatic heterocycles. The van der Waals surface area contributed by atoms with Crippen LogP contribution in [0.5, 0.6) is 0 Å². The first kappa shape index (κ1) is 12.1. The van der Waals surface area contributed by atoms with Gasteiger partial charge in [-0.05, 0) is 25.0 Å². The topological polar surface area (TPSA) is 29.5 Å². The maximum Gasteiger partial charge on any atom is 0.231 e. The molecule has 1 fully saturated rings. The van der Waals surface area contributed by atoms with Crippen molar-refractivity contribution in [3.63, 3.8) is 0 Å². The number of fused-ring (bicyclic) bond motifs is 1. The number of carbonyl (C=O) groups excluding carboxylic acids is 1. The molecule has 3 nitrogen and oxygen atoms in total. The number of anilines is 1. The van der Waals surface area contributed by atoms with Crippen LogP contribution in [-0.4, -0.2) is 25.2 Å². The molecule has 0 spiro atoms. The van der Waals surface area contributed by atoms with Gasteiger partial charge in [0.15, 0.2) is 0 Å². The number of carbonyl (C=O) groups is 1. The van der Waals surface area contributed by atoms with E-state index < -0.39 is 0 Å². The Morgan fingerprint density at radius 3 is 2.78 bits per heavy atom. The highest BCUT2D eigenvalue weighted by Crippen LogP contribution is 2.39. The fourth-order valence-electron chi connectivity index (χ4n) is 2.70. The Bertz CT molecular complexity index is 500. The molecule has 1 aromatic rings. The van der Waals surface area contributed by atoms with Crippen LogP contribution in [-0.2, 0) is 16.0 Å². The summed E-state index contributed by atoms with van der Waals surface area (Å²) in [7, 11) is 0. The highest BCUT2D eigenvalue weighted by Gasteiger charge is 2.37. The van der Waals surface area contributed by atoms with E-state index in [9.17, 15) is 9.18 Å². The molecule has 0 aliphatic carbocycles. The van der Waals surface area contributed by atoms with Gasteiger partial charge in [-0.15, -0.1) is 0 Å². The van der Waals surface area contributed by atoms with Crippen molar-refractivity contribution in [2.75, 3.05) is 18.1 Å². The molecule has 1 amide bonds. The minimum atomic E-state index is -0.314. The van der Waals surface area contributed by atoms with Gasteiger partial charge in [0, 0.05) is 29.3 Å². The smallest absolute Gasteiger partial charge is 0.231 e. The summed E-state index contributed by atoms with van der Waals surface area (Å²) in [6.45, 7) is 1.28. The van der Waals surface area contributed by atoms with Gasteiger partial charge in [-0.2, -0.15) is 0 Å². The summed E-state index contributed by atoms with van der Waals surface area (Å²) in [5, 5.41) is 0. The van der Waals surface area contributed by atoms with Crippen molar-refractivity contribution >= 4 is 27.5 Å². The summed E-state index contributed by atoms with van der Waals surface area (Å²) in [5.41, 5.74) is 1.23. The highest BCUT2D eigenvalue weighted by molar-refractivity contribution is 9.10. The number of amides is 1. The van der Waals surface area contributed by atoms with E-state index in [0.29, 0.717) is 18.9 Å². The summed E-state index contributed by atoms with van der Waals surface area (Å²) in [6, 6.07) is 3.14. The summed E-state index contributed by atoms with van der Waals surface area (Å²) in [4.78, 5) is 13.8. The van der Waals surface area contributed by atoms with E-state index in [1.165, 1.54) is 6.07 Å². The van der Waals surface area contributed by atoms with Gasteiger partial charge in [-0.25, -0.2) is 4.39 Å². The predicted octanol–water partition coefficient (Wildman–Crippen LogP) is 2.66. The van der Waals surface area contributed by atoms with E-state index in [1.54, 1.807) is 11.0 Å². The molecule has 2 heterocycles. The van der Waals surface area contributed by atoms with E-state index in [4.69, 9.17) is 4.74 Å². The lowest BCUT2D eigenvalue weighted by Crippen LogP contribution is -2.41. The Kier molecular flexibility index (Phi) is 3.11. The Hall–Kier alpha value is -0.940. The van der Waals surface area contributed by atoms with Crippen LogP contribution in [0.2, 0.25) is 0 Å². The van der Waals surface area contributed by atoms with Gasteiger partial charge in [0.2, 0.25) is 5.91 Å². The number of ether oxygens (including phenoxy) is 1. The van der Waals surface area contributed by atoms with Gasteiger partial charge in [0.25, 0.3) is 0 Å². The second kappa shape index (κ2) is 4.63. The molecule has 0 N–H and O–H groups in total.